The van der Waals surface area contributed by atoms with Crippen molar-refractivity contribution in [3.05, 3.63) is 39.9 Å². The second kappa shape index (κ2) is 7.91. The fourth-order valence-electron chi connectivity index (χ4n) is 3.26. The van der Waals surface area contributed by atoms with Gasteiger partial charge in [-0.25, -0.2) is 0 Å². The number of amides is 1. The molecule has 0 bridgehead atoms. The Morgan fingerprint density at radius 2 is 1.88 bits per heavy atom. The summed E-state index contributed by atoms with van der Waals surface area (Å²) in [5.41, 5.74) is 0.420. The number of nitrogens with one attached hydrogen (secondary N) is 2. The van der Waals surface area contributed by atoms with Crippen LogP contribution in [0.4, 0.5) is 5.69 Å². The highest BCUT2D eigenvalue weighted by Crippen LogP contribution is 2.37. The molecule has 0 aliphatic heterocycles. The summed E-state index contributed by atoms with van der Waals surface area (Å²) >= 11 is 5.22. The topological polar surface area (TPSA) is 84.3 Å². The minimum absolute atomic E-state index is 0.118. The van der Waals surface area contributed by atoms with Crippen LogP contribution in [0.25, 0.3) is 0 Å². The van der Waals surface area contributed by atoms with Gasteiger partial charge >= 0.3 is 0 Å². The summed E-state index contributed by atoms with van der Waals surface area (Å²) in [7, 11) is 0. The van der Waals surface area contributed by atoms with E-state index in [4.69, 9.17) is 12.2 Å². The molecule has 6 nitrogen and oxygen atoms in total. The molecule has 0 aromatic heterocycles. The van der Waals surface area contributed by atoms with E-state index in [2.05, 4.69) is 31.4 Å². The maximum atomic E-state index is 12.2. The minimum Gasteiger partial charge on any atom is -0.360 e. The molecule has 7 heteroatoms. The van der Waals surface area contributed by atoms with Gasteiger partial charge in [-0.1, -0.05) is 26.8 Å². The van der Waals surface area contributed by atoms with Crippen molar-refractivity contribution in [2.24, 2.45) is 11.3 Å². The molecule has 0 radical (unpaired) electrons. The maximum absolute atomic E-state index is 12.2. The number of nitro benzene ring substituents is 1. The smallest absolute Gasteiger partial charge is 0.270 e. The number of non-ortho nitro benzene ring substituents is 1. The largest absolute Gasteiger partial charge is 0.360 e. The first-order valence-corrected chi connectivity index (χ1v) is 8.94. The molecule has 1 amide bonds. The van der Waals surface area contributed by atoms with E-state index < -0.39 is 10.8 Å². The Hall–Kier alpha value is -2.02. The fourth-order valence-corrected chi connectivity index (χ4v) is 3.52. The lowest BCUT2D eigenvalue weighted by molar-refractivity contribution is -0.384. The number of hydrogen-bond donors (Lipinski definition) is 2. The van der Waals surface area contributed by atoms with Crippen LogP contribution in [0.15, 0.2) is 24.3 Å². The highest BCUT2D eigenvalue weighted by Gasteiger charge is 2.29. The van der Waals surface area contributed by atoms with Gasteiger partial charge in [-0.3, -0.25) is 20.2 Å². The Balaban J connectivity index is 1.85. The maximum Gasteiger partial charge on any atom is 0.270 e. The van der Waals surface area contributed by atoms with E-state index in [-0.39, 0.29) is 22.4 Å². The van der Waals surface area contributed by atoms with E-state index in [0.717, 1.165) is 25.7 Å². The Bertz CT molecular complexity index is 662. The molecule has 1 saturated carbocycles. The SMILES string of the molecule is CC(C)(C)C1CCC(NC(=S)NC(=O)c2cccc([N+](=O)[O-])c2)CC1. The van der Waals surface area contributed by atoms with Crippen LogP contribution in [0.2, 0.25) is 0 Å². The Kier molecular flexibility index (Phi) is 6.11. The summed E-state index contributed by atoms with van der Waals surface area (Å²) < 4.78 is 0. The third-order valence-electron chi connectivity index (χ3n) is 4.83. The number of hydrogen-bond acceptors (Lipinski definition) is 4. The zero-order valence-electron chi connectivity index (χ0n) is 14.9. The molecule has 2 N–H and O–H groups in total. The van der Waals surface area contributed by atoms with E-state index in [1.807, 2.05) is 0 Å². The van der Waals surface area contributed by atoms with Crippen LogP contribution in [0.5, 0.6) is 0 Å². The van der Waals surface area contributed by atoms with Gasteiger partial charge in [0.15, 0.2) is 5.11 Å². The van der Waals surface area contributed by atoms with Crippen LogP contribution in [0, 0.1) is 21.4 Å². The first kappa shape index (κ1) is 19.3. The Labute approximate surface area is 153 Å². The van der Waals surface area contributed by atoms with Crippen LogP contribution < -0.4 is 10.6 Å². The first-order valence-electron chi connectivity index (χ1n) is 8.53. The molecular weight excluding hydrogens is 338 g/mol. The average molecular weight is 363 g/mol. The number of nitrogens with zero attached hydrogens (tertiary/aromatic N) is 1. The standard InChI is InChI=1S/C18H25N3O3S/c1-18(2,3)13-7-9-14(10-8-13)19-17(25)20-16(22)12-5-4-6-15(11-12)21(23)24/h4-6,11,13-14H,7-10H2,1-3H3,(H2,19,20,22,25). The van der Waals surface area contributed by atoms with E-state index in [9.17, 15) is 14.9 Å². The number of carbonyl (C=O) groups is 1. The summed E-state index contributed by atoms with van der Waals surface area (Å²) in [6.45, 7) is 6.82. The molecule has 1 fully saturated rings. The Morgan fingerprint density at radius 1 is 1.24 bits per heavy atom. The molecule has 1 aliphatic rings. The molecule has 1 aromatic carbocycles. The summed E-state index contributed by atoms with van der Waals surface area (Å²) in [5.74, 6) is 0.267. The monoisotopic (exact) mass is 363 g/mol. The zero-order valence-corrected chi connectivity index (χ0v) is 15.7. The second-order valence-electron chi connectivity index (χ2n) is 7.65. The van der Waals surface area contributed by atoms with E-state index >= 15 is 0 Å². The third-order valence-corrected chi connectivity index (χ3v) is 5.05. The van der Waals surface area contributed by atoms with Crippen molar-refractivity contribution in [1.29, 1.82) is 0 Å². The first-order chi connectivity index (χ1) is 11.7. The summed E-state index contributed by atoms with van der Waals surface area (Å²) in [6.07, 6.45) is 4.33. The van der Waals surface area contributed by atoms with Gasteiger partial charge in [-0.2, -0.15) is 0 Å². The van der Waals surface area contributed by atoms with Crippen LogP contribution in [0.3, 0.4) is 0 Å². The lowest BCUT2D eigenvalue weighted by Gasteiger charge is -2.37. The third kappa shape index (κ3) is 5.49. The quantitative estimate of drug-likeness (QED) is 0.485. The molecule has 25 heavy (non-hydrogen) atoms. The van der Waals surface area contributed by atoms with Crippen LogP contribution in [0.1, 0.15) is 56.8 Å². The number of rotatable bonds is 3. The van der Waals surface area contributed by atoms with Gasteiger partial charge in [0.25, 0.3) is 11.6 Å². The fraction of sp³-hybridized carbons (Fsp3) is 0.556. The molecule has 0 unspecified atom stereocenters. The highest BCUT2D eigenvalue weighted by atomic mass is 32.1. The van der Waals surface area contributed by atoms with Crippen LogP contribution in [-0.4, -0.2) is 22.0 Å². The van der Waals surface area contributed by atoms with Crippen molar-refractivity contribution >= 4 is 28.9 Å². The van der Waals surface area contributed by atoms with E-state index in [1.165, 1.54) is 24.3 Å². The van der Waals surface area contributed by atoms with Gasteiger partial charge in [-0.15, -0.1) is 0 Å². The van der Waals surface area contributed by atoms with E-state index in [0.29, 0.717) is 11.3 Å². The molecule has 0 saturated heterocycles. The van der Waals surface area contributed by atoms with Gasteiger partial charge in [0.1, 0.15) is 0 Å². The Morgan fingerprint density at radius 3 is 2.44 bits per heavy atom. The highest BCUT2D eigenvalue weighted by molar-refractivity contribution is 7.80. The van der Waals surface area contributed by atoms with Gasteiger partial charge in [0.2, 0.25) is 0 Å². The predicted octanol–water partition coefficient (Wildman–Crippen LogP) is 3.80. The van der Waals surface area contributed by atoms with Crippen molar-refractivity contribution in [3.8, 4) is 0 Å². The van der Waals surface area contributed by atoms with Gasteiger partial charge < -0.3 is 5.32 Å². The number of nitro groups is 1. The van der Waals surface area contributed by atoms with Crippen LogP contribution >= 0.6 is 12.2 Å². The lowest BCUT2D eigenvalue weighted by Crippen LogP contribution is -2.46. The molecule has 136 valence electrons. The van der Waals surface area contributed by atoms with Crippen molar-refractivity contribution in [3.63, 3.8) is 0 Å². The number of benzene rings is 1. The number of thiocarbonyl (C=S) groups is 1. The number of carbonyl (C=O) groups excluding carboxylic acids is 1. The molecule has 1 aliphatic carbocycles. The van der Waals surface area contributed by atoms with Crippen molar-refractivity contribution < 1.29 is 9.72 Å². The summed E-state index contributed by atoms with van der Waals surface area (Å²) in [5, 5.41) is 16.9. The van der Waals surface area contributed by atoms with Crippen molar-refractivity contribution in [2.75, 3.05) is 0 Å². The second-order valence-corrected chi connectivity index (χ2v) is 8.06. The minimum atomic E-state index is -0.527. The van der Waals surface area contributed by atoms with Gasteiger partial charge in [0.05, 0.1) is 4.92 Å². The molecule has 0 heterocycles. The van der Waals surface area contributed by atoms with E-state index in [1.54, 1.807) is 0 Å². The normalized spacial score (nSPS) is 20.6. The molecular formula is C18H25N3O3S. The molecule has 2 rings (SSSR count). The predicted molar refractivity (Wildman–Crippen MR) is 101 cm³/mol. The van der Waals surface area contributed by atoms with Crippen molar-refractivity contribution in [2.45, 2.75) is 52.5 Å². The van der Waals surface area contributed by atoms with Gasteiger partial charge in [0, 0.05) is 23.7 Å². The van der Waals surface area contributed by atoms with Crippen LogP contribution in [-0.2, 0) is 0 Å². The molecule has 0 spiro atoms. The van der Waals surface area contributed by atoms with Crippen molar-refractivity contribution in [1.82, 2.24) is 10.6 Å². The molecule has 1 aromatic rings. The average Bonchev–Trinajstić information content (AvgIpc) is 2.54. The zero-order chi connectivity index (χ0) is 18.6. The summed E-state index contributed by atoms with van der Waals surface area (Å²) in [4.78, 5) is 22.5. The summed E-state index contributed by atoms with van der Waals surface area (Å²) in [6, 6.07) is 5.86. The van der Waals surface area contributed by atoms with Gasteiger partial charge in [-0.05, 0) is 55.3 Å². The molecule has 0 atom stereocenters. The lowest BCUT2D eigenvalue weighted by atomic mass is 9.71.